The molecule has 130 valence electrons. The summed E-state index contributed by atoms with van der Waals surface area (Å²) in [5.74, 6) is -0.181. The van der Waals surface area contributed by atoms with Crippen LogP contribution in [0.15, 0.2) is 40.1 Å². The van der Waals surface area contributed by atoms with Crippen LogP contribution in [0.4, 0.5) is 0 Å². The third-order valence-corrected chi connectivity index (χ3v) is 3.42. The van der Waals surface area contributed by atoms with Gasteiger partial charge in [-0.05, 0) is 18.2 Å². The highest BCUT2D eigenvalue weighted by molar-refractivity contribution is 5.98. The quantitative estimate of drug-likeness (QED) is 0.585. The molecule has 0 aliphatic carbocycles. The van der Waals surface area contributed by atoms with Gasteiger partial charge in [0.15, 0.2) is 23.9 Å². The Morgan fingerprint density at radius 1 is 1.12 bits per heavy atom. The minimum Gasteiger partial charge on any atom is -0.486 e. The molecular weight excluding hydrogens is 332 g/mol. The van der Waals surface area contributed by atoms with Gasteiger partial charge in [-0.15, -0.1) is 0 Å². The third kappa shape index (κ3) is 3.94. The van der Waals surface area contributed by atoms with E-state index in [2.05, 4.69) is 0 Å². The highest BCUT2D eigenvalue weighted by Crippen LogP contribution is 2.30. The van der Waals surface area contributed by atoms with E-state index in [0.29, 0.717) is 30.3 Å². The summed E-state index contributed by atoms with van der Waals surface area (Å²) in [6.45, 7) is -0.0454. The number of carbonyl (C=O) groups is 2. The third-order valence-electron chi connectivity index (χ3n) is 3.42. The maximum atomic E-state index is 12.1. The van der Waals surface area contributed by atoms with Crippen LogP contribution in [0.5, 0.6) is 11.5 Å². The average molecular weight is 346 g/mol. The lowest BCUT2D eigenvalue weighted by Gasteiger charge is -2.18. The first-order chi connectivity index (χ1) is 12.0. The second kappa shape index (κ2) is 7.04. The van der Waals surface area contributed by atoms with Gasteiger partial charge in [-0.1, -0.05) is 0 Å². The predicted molar refractivity (Wildman–Crippen MR) is 84.0 cm³/mol. The first kappa shape index (κ1) is 16.5. The second-order valence-electron chi connectivity index (χ2n) is 5.18. The van der Waals surface area contributed by atoms with Gasteiger partial charge in [0.25, 0.3) is 5.56 Å². The Bertz CT molecular complexity index is 929. The van der Waals surface area contributed by atoms with Crippen LogP contribution in [0.3, 0.4) is 0 Å². The number of Topliss-reactive ketones (excluding diaryl/α,β-unsaturated/α-hetero) is 1. The Labute approximate surface area is 140 Å². The van der Waals surface area contributed by atoms with Gasteiger partial charge in [0, 0.05) is 17.8 Å². The molecule has 2 heterocycles. The van der Waals surface area contributed by atoms with Gasteiger partial charge in [0.05, 0.1) is 0 Å². The number of benzene rings is 1. The van der Waals surface area contributed by atoms with E-state index in [1.54, 1.807) is 12.1 Å². The Balaban J connectivity index is 1.59. The lowest BCUT2D eigenvalue weighted by molar-refractivity contribution is -0.143. The number of hydrogen-bond donors (Lipinski definition) is 1. The first-order valence-corrected chi connectivity index (χ1v) is 7.41. The Morgan fingerprint density at radius 2 is 1.88 bits per heavy atom. The molecule has 1 aromatic heterocycles. The minimum atomic E-state index is -0.778. The summed E-state index contributed by atoms with van der Waals surface area (Å²) in [6, 6.07) is 5.80. The van der Waals surface area contributed by atoms with E-state index >= 15 is 0 Å². The van der Waals surface area contributed by atoms with Crippen LogP contribution in [0, 0.1) is 0 Å². The number of aromatic amines is 1. The molecule has 0 bridgehead atoms. The van der Waals surface area contributed by atoms with Crippen molar-refractivity contribution < 1.29 is 23.8 Å². The summed E-state index contributed by atoms with van der Waals surface area (Å²) >= 11 is 0. The van der Waals surface area contributed by atoms with E-state index in [9.17, 15) is 19.2 Å². The molecule has 0 unspecified atom stereocenters. The lowest BCUT2D eigenvalue weighted by Crippen LogP contribution is -2.31. The fraction of sp³-hybridized carbons (Fsp3) is 0.250. The number of nitrogens with zero attached hydrogens (tertiary/aromatic N) is 1. The van der Waals surface area contributed by atoms with Crippen molar-refractivity contribution >= 4 is 11.8 Å². The highest BCUT2D eigenvalue weighted by atomic mass is 16.6. The van der Waals surface area contributed by atoms with Gasteiger partial charge in [-0.2, -0.15) is 0 Å². The molecule has 25 heavy (non-hydrogen) atoms. The summed E-state index contributed by atoms with van der Waals surface area (Å²) in [4.78, 5) is 48.3. The number of aromatic nitrogens is 2. The summed E-state index contributed by atoms with van der Waals surface area (Å²) in [7, 11) is 0. The molecule has 9 nitrogen and oxygen atoms in total. The molecule has 9 heteroatoms. The molecule has 0 saturated carbocycles. The predicted octanol–water partition coefficient (Wildman–Crippen LogP) is -0.266. The molecule has 0 fully saturated rings. The van der Waals surface area contributed by atoms with Crippen LogP contribution in [-0.4, -0.2) is 41.1 Å². The van der Waals surface area contributed by atoms with Crippen LogP contribution in [0.25, 0.3) is 0 Å². The van der Waals surface area contributed by atoms with Crippen molar-refractivity contribution in [3.05, 3.63) is 56.9 Å². The van der Waals surface area contributed by atoms with Crippen molar-refractivity contribution in [2.24, 2.45) is 0 Å². The summed E-state index contributed by atoms with van der Waals surface area (Å²) in [5.41, 5.74) is -0.982. The van der Waals surface area contributed by atoms with Gasteiger partial charge < -0.3 is 14.2 Å². The molecule has 3 rings (SSSR count). The van der Waals surface area contributed by atoms with Crippen molar-refractivity contribution in [2.45, 2.75) is 6.54 Å². The van der Waals surface area contributed by atoms with Crippen molar-refractivity contribution in [3.8, 4) is 11.5 Å². The van der Waals surface area contributed by atoms with Gasteiger partial charge in [-0.25, -0.2) is 4.79 Å². The van der Waals surface area contributed by atoms with Crippen LogP contribution in [-0.2, 0) is 16.1 Å². The molecule has 0 spiro atoms. The van der Waals surface area contributed by atoms with E-state index in [0.717, 1.165) is 10.6 Å². The zero-order chi connectivity index (χ0) is 17.8. The van der Waals surface area contributed by atoms with Crippen LogP contribution >= 0.6 is 0 Å². The van der Waals surface area contributed by atoms with Crippen molar-refractivity contribution in [1.82, 2.24) is 9.55 Å². The van der Waals surface area contributed by atoms with E-state index in [1.165, 1.54) is 12.3 Å². The SMILES string of the molecule is O=C(Cn1ccc(=O)[nH]c1=O)OCC(=O)c1ccc2c(c1)OCCO2. The molecule has 0 radical (unpaired) electrons. The van der Waals surface area contributed by atoms with Crippen molar-refractivity contribution in [1.29, 1.82) is 0 Å². The number of nitrogens with one attached hydrogen (secondary N) is 1. The zero-order valence-corrected chi connectivity index (χ0v) is 13.0. The normalized spacial score (nSPS) is 12.5. The average Bonchev–Trinajstić information content (AvgIpc) is 2.61. The fourth-order valence-electron chi connectivity index (χ4n) is 2.20. The van der Waals surface area contributed by atoms with Gasteiger partial charge >= 0.3 is 11.7 Å². The number of hydrogen-bond acceptors (Lipinski definition) is 7. The fourth-order valence-corrected chi connectivity index (χ4v) is 2.20. The minimum absolute atomic E-state index is 0.318. The molecule has 1 N–H and O–H groups in total. The number of ether oxygens (including phenoxy) is 3. The molecular formula is C16H14N2O7. The zero-order valence-electron chi connectivity index (χ0n) is 13.0. The Hall–Kier alpha value is -3.36. The number of rotatable bonds is 5. The Morgan fingerprint density at radius 3 is 2.64 bits per heavy atom. The number of fused-ring (bicyclic) bond motifs is 1. The number of esters is 1. The molecule has 1 aliphatic rings. The standard InChI is InChI=1S/C16H14N2O7/c19-11(10-1-2-12-13(7-10)24-6-5-23-12)9-25-15(21)8-18-4-3-14(20)17-16(18)22/h1-4,7H,5-6,8-9H2,(H,17,20,22). The molecule has 0 atom stereocenters. The summed E-state index contributed by atoms with van der Waals surface area (Å²) in [6.07, 6.45) is 1.17. The highest BCUT2D eigenvalue weighted by Gasteiger charge is 2.16. The monoisotopic (exact) mass is 346 g/mol. The van der Waals surface area contributed by atoms with Crippen molar-refractivity contribution in [3.63, 3.8) is 0 Å². The van der Waals surface area contributed by atoms with Crippen molar-refractivity contribution in [2.75, 3.05) is 19.8 Å². The smallest absolute Gasteiger partial charge is 0.328 e. The maximum absolute atomic E-state index is 12.1. The van der Waals surface area contributed by atoms with E-state index in [4.69, 9.17) is 14.2 Å². The summed E-state index contributed by atoms with van der Waals surface area (Å²) in [5, 5.41) is 0. The lowest BCUT2D eigenvalue weighted by atomic mass is 10.1. The van der Waals surface area contributed by atoms with Gasteiger partial charge in [-0.3, -0.25) is 23.9 Å². The van der Waals surface area contributed by atoms with Crippen LogP contribution < -0.4 is 20.7 Å². The topological polar surface area (TPSA) is 117 Å². The molecule has 0 amide bonds. The number of carbonyl (C=O) groups excluding carboxylic acids is 2. The van der Waals surface area contributed by atoms with Crippen LogP contribution in [0.1, 0.15) is 10.4 Å². The molecule has 2 aromatic rings. The molecule has 1 aliphatic heterocycles. The van der Waals surface area contributed by atoms with E-state index < -0.39 is 36.2 Å². The van der Waals surface area contributed by atoms with E-state index in [1.807, 2.05) is 4.98 Å². The number of H-pyrrole nitrogens is 1. The first-order valence-electron chi connectivity index (χ1n) is 7.41. The molecule has 0 saturated heterocycles. The van der Waals surface area contributed by atoms with E-state index in [-0.39, 0.29) is 0 Å². The van der Waals surface area contributed by atoms with Gasteiger partial charge in [0.2, 0.25) is 0 Å². The maximum Gasteiger partial charge on any atom is 0.328 e. The number of ketones is 1. The van der Waals surface area contributed by atoms with Gasteiger partial charge in [0.1, 0.15) is 19.8 Å². The Kier molecular flexibility index (Phi) is 4.64. The van der Waals surface area contributed by atoms with Crippen LogP contribution in [0.2, 0.25) is 0 Å². The molecule has 1 aromatic carbocycles. The summed E-state index contributed by atoms with van der Waals surface area (Å²) < 4.78 is 16.6. The second-order valence-corrected chi connectivity index (χ2v) is 5.18. The largest absolute Gasteiger partial charge is 0.486 e.